The lowest BCUT2D eigenvalue weighted by molar-refractivity contribution is -0.121. The summed E-state index contributed by atoms with van der Waals surface area (Å²) < 4.78 is 5.28. The van der Waals surface area contributed by atoms with Gasteiger partial charge in [0, 0.05) is 30.5 Å². The highest BCUT2D eigenvalue weighted by molar-refractivity contribution is 6.33. The molecule has 2 aromatic heterocycles. The lowest BCUT2D eigenvalue weighted by Crippen LogP contribution is -2.32. The highest BCUT2D eigenvalue weighted by atomic mass is 35.5. The smallest absolute Gasteiger partial charge is 0.222 e. The molecule has 4 aromatic rings. The first-order valence-corrected chi connectivity index (χ1v) is 11.1. The second kappa shape index (κ2) is 10.3. The summed E-state index contributed by atoms with van der Waals surface area (Å²) in [5.41, 5.74) is 1.63. The van der Waals surface area contributed by atoms with Crippen molar-refractivity contribution in [3.63, 3.8) is 0 Å². The Morgan fingerprint density at radius 3 is 2.62 bits per heavy atom. The van der Waals surface area contributed by atoms with Gasteiger partial charge in [-0.2, -0.15) is 0 Å². The van der Waals surface area contributed by atoms with Crippen molar-refractivity contribution < 1.29 is 9.21 Å². The first-order chi connectivity index (χ1) is 15.7. The van der Waals surface area contributed by atoms with E-state index in [1.165, 1.54) is 0 Å². The molecule has 2 heterocycles. The molecule has 1 amide bonds. The van der Waals surface area contributed by atoms with E-state index in [1.807, 2.05) is 54.6 Å². The van der Waals surface area contributed by atoms with Crippen LogP contribution in [0.4, 0.5) is 5.82 Å². The van der Waals surface area contributed by atoms with Gasteiger partial charge < -0.3 is 14.6 Å². The van der Waals surface area contributed by atoms with Crippen LogP contribution in [0.15, 0.2) is 71.3 Å². The summed E-state index contributed by atoms with van der Waals surface area (Å²) in [5, 5.41) is 4.46. The van der Waals surface area contributed by atoms with Crippen molar-refractivity contribution in [2.45, 2.75) is 26.3 Å². The predicted octanol–water partition coefficient (Wildman–Crippen LogP) is 5.47. The topological polar surface area (TPSA) is 71.3 Å². The Bertz CT molecular complexity index is 1190. The van der Waals surface area contributed by atoms with Crippen LogP contribution >= 0.6 is 11.6 Å². The van der Waals surface area contributed by atoms with Gasteiger partial charge in [-0.1, -0.05) is 42.8 Å². The van der Waals surface area contributed by atoms with Crippen LogP contribution in [0.2, 0.25) is 5.02 Å². The summed E-state index contributed by atoms with van der Waals surface area (Å²) in [5.74, 6) is 2.08. The van der Waals surface area contributed by atoms with E-state index in [1.54, 1.807) is 12.3 Å². The maximum atomic E-state index is 12.4. The summed E-state index contributed by atoms with van der Waals surface area (Å²) in [6.07, 6.45) is 2.87. The Kier molecular flexibility index (Phi) is 7.02. The Hall–Kier alpha value is -3.38. The Labute approximate surface area is 192 Å². The fourth-order valence-electron chi connectivity index (χ4n) is 3.58. The molecule has 1 N–H and O–H groups in total. The number of nitrogens with zero attached hydrogens (tertiary/aromatic N) is 3. The summed E-state index contributed by atoms with van der Waals surface area (Å²) >= 11 is 6.43. The Morgan fingerprint density at radius 2 is 1.84 bits per heavy atom. The number of hydrogen-bond donors (Lipinski definition) is 1. The van der Waals surface area contributed by atoms with Crippen molar-refractivity contribution >= 4 is 34.2 Å². The number of halogens is 1. The van der Waals surface area contributed by atoms with E-state index >= 15 is 0 Å². The number of amides is 1. The number of aromatic nitrogens is 2. The van der Waals surface area contributed by atoms with Gasteiger partial charge in [-0.15, -0.1) is 0 Å². The normalized spacial score (nSPS) is 10.9. The summed E-state index contributed by atoms with van der Waals surface area (Å²) in [4.78, 5) is 24.2. The largest absolute Gasteiger partial charge is 0.467 e. The number of benzene rings is 2. The van der Waals surface area contributed by atoms with Crippen LogP contribution in [0.5, 0.6) is 0 Å². The Morgan fingerprint density at radius 1 is 1.03 bits per heavy atom. The fraction of sp³-hybridized carbons (Fsp3) is 0.240. The molecule has 0 saturated carbocycles. The minimum Gasteiger partial charge on any atom is -0.467 e. The third kappa shape index (κ3) is 5.08. The molecule has 0 saturated heterocycles. The first-order valence-electron chi connectivity index (χ1n) is 10.7. The molecule has 6 nitrogen and oxygen atoms in total. The number of fused-ring (bicyclic) bond motifs is 1. The van der Waals surface area contributed by atoms with Gasteiger partial charge in [0.25, 0.3) is 0 Å². The predicted molar refractivity (Wildman–Crippen MR) is 128 cm³/mol. The fourth-order valence-corrected chi connectivity index (χ4v) is 3.80. The van der Waals surface area contributed by atoms with Crippen LogP contribution in [0, 0.1) is 0 Å². The van der Waals surface area contributed by atoms with E-state index < -0.39 is 0 Å². The van der Waals surface area contributed by atoms with Crippen LogP contribution in [0.1, 0.15) is 25.5 Å². The lowest BCUT2D eigenvalue weighted by Gasteiger charge is -2.25. The monoisotopic (exact) mass is 448 g/mol. The van der Waals surface area contributed by atoms with E-state index in [2.05, 4.69) is 17.1 Å². The SMILES string of the molecule is CCCN(CCC(=O)NCc1ccco1)c1nc(-c2ccccc2Cl)nc2ccccc12. The van der Waals surface area contributed by atoms with E-state index in [9.17, 15) is 4.79 Å². The quantitative estimate of drug-likeness (QED) is 0.368. The van der Waals surface area contributed by atoms with Gasteiger partial charge in [-0.3, -0.25) is 4.79 Å². The zero-order valence-electron chi connectivity index (χ0n) is 17.9. The lowest BCUT2D eigenvalue weighted by atomic mass is 10.1. The van der Waals surface area contributed by atoms with Crippen molar-refractivity contribution in [3.05, 3.63) is 77.7 Å². The molecule has 0 spiro atoms. The molecule has 164 valence electrons. The Balaban J connectivity index is 1.60. The number of nitrogens with one attached hydrogen (secondary N) is 1. The molecule has 4 rings (SSSR count). The van der Waals surface area contributed by atoms with Gasteiger partial charge in [0.2, 0.25) is 5.91 Å². The minimum absolute atomic E-state index is 0.0350. The molecular formula is C25H25ClN4O2. The maximum absolute atomic E-state index is 12.4. The van der Waals surface area contributed by atoms with Gasteiger partial charge in [0.15, 0.2) is 5.82 Å². The molecule has 32 heavy (non-hydrogen) atoms. The van der Waals surface area contributed by atoms with Crippen LogP contribution in [0.25, 0.3) is 22.3 Å². The molecule has 0 atom stereocenters. The van der Waals surface area contributed by atoms with Crippen molar-refractivity contribution in [1.29, 1.82) is 0 Å². The molecular weight excluding hydrogens is 424 g/mol. The van der Waals surface area contributed by atoms with E-state index in [-0.39, 0.29) is 5.91 Å². The van der Waals surface area contributed by atoms with Crippen molar-refractivity contribution in [1.82, 2.24) is 15.3 Å². The van der Waals surface area contributed by atoms with E-state index in [0.29, 0.717) is 30.4 Å². The van der Waals surface area contributed by atoms with Gasteiger partial charge in [-0.25, -0.2) is 9.97 Å². The number of para-hydroxylation sites is 1. The molecule has 0 aliphatic heterocycles. The van der Waals surface area contributed by atoms with E-state index in [4.69, 9.17) is 26.0 Å². The molecule has 0 bridgehead atoms. The minimum atomic E-state index is -0.0350. The number of carbonyl (C=O) groups is 1. The first kappa shape index (κ1) is 21.8. The molecule has 7 heteroatoms. The standard InChI is InChI=1S/C25H25ClN4O2/c1-2-14-30(15-13-23(31)27-17-18-8-7-16-32-18)25-20-10-4-6-12-22(20)28-24(29-25)19-9-3-5-11-21(19)26/h3-12,16H,2,13-15,17H2,1H3,(H,27,31). The van der Waals surface area contributed by atoms with E-state index in [0.717, 1.165) is 41.0 Å². The van der Waals surface area contributed by atoms with Crippen molar-refractivity contribution in [3.8, 4) is 11.4 Å². The zero-order valence-corrected chi connectivity index (χ0v) is 18.7. The average Bonchev–Trinajstić information content (AvgIpc) is 3.34. The molecule has 0 fully saturated rings. The van der Waals surface area contributed by atoms with Crippen molar-refractivity contribution in [2.24, 2.45) is 0 Å². The van der Waals surface area contributed by atoms with Crippen molar-refractivity contribution in [2.75, 3.05) is 18.0 Å². The van der Waals surface area contributed by atoms with Gasteiger partial charge in [0.1, 0.15) is 11.6 Å². The second-order valence-electron chi connectivity index (χ2n) is 7.46. The van der Waals surface area contributed by atoms with Crippen LogP contribution < -0.4 is 10.2 Å². The van der Waals surface area contributed by atoms with Crippen LogP contribution in [0.3, 0.4) is 0 Å². The van der Waals surface area contributed by atoms with Gasteiger partial charge in [-0.05, 0) is 42.8 Å². The highest BCUT2D eigenvalue weighted by Crippen LogP contribution is 2.31. The molecule has 0 radical (unpaired) electrons. The molecule has 0 aliphatic carbocycles. The molecule has 0 aliphatic rings. The summed E-state index contributed by atoms with van der Waals surface area (Å²) in [6, 6.07) is 19.1. The zero-order chi connectivity index (χ0) is 22.3. The second-order valence-corrected chi connectivity index (χ2v) is 7.87. The third-order valence-corrected chi connectivity index (χ3v) is 5.47. The van der Waals surface area contributed by atoms with Gasteiger partial charge >= 0.3 is 0 Å². The number of hydrogen-bond acceptors (Lipinski definition) is 5. The van der Waals surface area contributed by atoms with Crippen LogP contribution in [-0.2, 0) is 11.3 Å². The van der Waals surface area contributed by atoms with Gasteiger partial charge in [0.05, 0.1) is 23.3 Å². The number of carbonyl (C=O) groups excluding carboxylic acids is 1. The highest BCUT2D eigenvalue weighted by Gasteiger charge is 2.17. The van der Waals surface area contributed by atoms with Crippen LogP contribution in [-0.4, -0.2) is 29.0 Å². The number of rotatable bonds is 9. The molecule has 0 unspecified atom stereocenters. The average molecular weight is 449 g/mol. The maximum Gasteiger partial charge on any atom is 0.222 e. The third-order valence-electron chi connectivity index (χ3n) is 5.14. The molecule has 2 aromatic carbocycles. The summed E-state index contributed by atoms with van der Waals surface area (Å²) in [6.45, 7) is 3.81. The number of anilines is 1. The number of furan rings is 1. The summed E-state index contributed by atoms with van der Waals surface area (Å²) in [7, 11) is 0.